The van der Waals surface area contributed by atoms with Crippen molar-refractivity contribution in [3.05, 3.63) is 42.0 Å². The normalized spacial score (nSPS) is 20.4. The van der Waals surface area contributed by atoms with Gasteiger partial charge in [-0.05, 0) is 25.3 Å². The highest BCUT2D eigenvalue weighted by Gasteiger charge is 2.26. The van der Waals surface area contributed by atoms with Crippen LogP contribution in [0, 0.1) is 0 Å². The standard InChI is InChI=1S/C23H34N4O2/c1-19(22(28)25-23(29)24-21-12-6-3-7-13-21)27-17-15-26(16-18-27)14-8-11-20-9-4-2-5-10-20/h2,4-5,8-11,19,21H,3,6-7,12-18H2,1H3,(H2,24,25,28,29)/b11-8+. The highest BCUT2D eigenvalue weighted by Crippen LogP contribution is 2.17. The van der Waals surface area contributed by atoms with Gasteiger partial charge in [-0.15, -0.1) is 0 Å². The molecule has 0 bridgehead atoms. The van der Waals surface area contributed by atoms with E-state index >= 15 is 0 Å². The van der Waals surface area contributed by atoms with E-state index in [0.29, 0.717) is 0 Å². The molecule has 2 aliphatic rings. The number of nitrogens with zero attached hydrogens (tertiary/aromatic N) is 2. The molecule has 1 atom stereocenters. The summed E-state index contributed by atoms with van der Waals surface area (Å²) in [4.78, 5) is 29.1. The first-order valence-corrected chi connectivity index (χ1v) is 10.9. The maximum Gasteiger partial charge on any atom is 0.321 e. The van der Waals surface area contributed by atoms with Gasteiger partial charge < -0.3 is 5.32 Å². The number of imide groups is 1. The molecule has 3 amide bonds. The Morgan fingerprint density at radius 2 is 1.76 bits per heavy atom. The number of benzene rings is 1. The third-order valence-corrected chi connectivity index (χ3v) is 5.98. The summed E-state index contributed by atoms with van der Waals surface area (Å²) >= 11 is 0. The zero-order valence-corrected chi connectivity index (χ0v) is 17.5. The maximum absolute atomic E-state index is 12.5. The summed E-state index contributed by atoms with van der Waals surface area (Å²) in [6.07, 6.45) is 9.91. The fourth-order valence-electron chi connectivity index (χ4n) is 4.09. The molecular weight excluding hydrogens is 364 g/mol. The quantitative estimate of drug-likeness (QED) is 0.773. The van der Waals surface area contributed by atoms with Gasteiger partial charge in [-0.2, -0.15) is 0 Å². The summed E-state index contributed by atoms with van der Waals surface area (Å²) in [6.45, 7) is 6.30. The molecule has 1 aromatic carbocycles. The SMILES string of the molecule is CC(C(=O)NC(=O)NC1CCCCC1)N1CCN(C/C=C/c2ccccc2)CC1. The Hall–Kier alpha value is -2.18. The molecule has 1 saturated carbocycles. The number of amides is 3. The van der Waals surface area contributed by atoms with Crippen molar-refractivity contribution in [1.29, 1.82) is 0 Å². The van der Waals surface area contributed by atoms with Gasteiger partial charge in [-0.1, -0.05) is 61.7 Å². The van der Waals surface area contributed by atoms with Crippen molar-refractivity contribution >= 4 is 18.0 Å². The number of hydrogen-bond acceptors (Lipinski definition) is 4. The van der Waals surface area contributed by atoms with Crippen LogP contribution >= 0.6 is 0 Å². The molecular formula is C23H34N4O2. The van der Waals surface area contributed by atoms with Crippen molar-refractivity contribution in [2.24, 2.45) is 0 Å². The molecule has 2 N–H and O–H groups in total. The summed E-state index contributed by atoms with van der Waals surface area (Å²) in [7, 11) is 0. The zero-order chi connectivity index (χ0) is 20.5. The molecule has 3 rings (SSSR count). The van der Waals surface area contributed by atoms with Crippen LogP contribution in [-0.2, 0) is 4.79 Å². The lowest BCUT2D eigenvalue weighted by atomic mass is 9.96. The Bertz CT molecular complexity index is 677. The van der Waals surface area contributed by atoms with Gasteiger partial charge in [0.05, 0.1) is 6.04 Å². The second-order valence-corrected chi connectivity index (χ2v) is 8.12. The van der Waals surface area contributed by atoms with Crippen LogP contribution < -0.4 is 10.6 Å². The lowest BCUT2D eigenvalue weighted by molar-refractivity contribution is -0.125. The molecule has 0 aromatic heterocycles. The highest BCUT2D eigenvalue weighted by molar-refractivity contribution is 5.96. The van der Waals surface area contributed by atoms with Crippen molar-refractivity contribution in [2.75, 3.05) is 32.7 Å². The molecule has 158 valence electrons. The average molecular weight is 399 g/mol. The van der Waals surface area contributed by atoms with Gasteiger partial charge in [-0.25, -0.2) is 4.79 Å². The molecule has 1 aliphatic carbocycles. The minimum Gasteiger partial charge on any atom is -0.335 e. The fourth-order valence-corrected chi connectivity index (χ4v) is 4.09. The number of hydrogen-bond donors (Lipinski definition) is 2. The lowest BCUT2D eigenvalue weighted by Crippen LogP contribution is -2.56. The fraction of sp³-hybridized carbons (Fsp3) is 0.565. The first-order chi connectivity index (χ1) is 14.1. The molecule has 1 aromatic rings. The van der Waals surface area contributed by atoms with Crippen LogP contribution in [0.3, 0.4) is 0 Å². The molecule has 6 heteroatoms. The van der Waals surface area contributed by atoms with Crippen LogP contribution in [-0.4, -0.2) is 66.5 Å². The molecule has 0 radical (unpaired) electrons. The summed E-state index contributed by atoms with van der Waals surface area (Å²) < 4.78 is 0. The first kappa shape index (κ1) is 21.5. The Kier molecular flexibility index (Phi) is 8.25. The summed E-state index contributed by atoms with van der Waals surface area (Å²) in [5.74, 6) is -0.212. The first-order valence-electron chi connectivity index (χ1n) is 10.9. The molecule has 6 nitrogen and oxygen atoms in total. The van der Waals surface area contributed by atoms with Crippen molar-refractivity contribution in [3.8, 4) is 0 Å². The van der Waals surface area contributed by atoms with Crippen LogP contribution in [0.15, 0.2) is 36.4 Å². The lowest BCUT2D eigenvalue weighted by Gasteiger charge is -2.37. The maximum atomic E-state index is 12.5. The Balaban J connectivity index is 1.36. The van der Waals surface area contributed by atoms with E-state index in [1.165, 1.54) is 12.0 Å². The van der Waals surface area contributed by atoms with Crippen molar-refractivity contribution in [1.82, 2.24) is 20.4 Å². The van der Waals surface area contributed by atoms with Crippen molar-refractivity contribution in [3.63, 3.8) is 0 Å². The van der Waals surface area contributed by atoms with Crippen LogP contribution in [0.25, 0.3) is 6.08 Å². The molecule has 1 saturated heterocycles. The van der Waals surface area contributed by atoms with Crippen molar-refractivity contribution in [2.45, 2.75) is 51.1 Å². The van der Waals surface area contributed by atoms with Gasteiger partial charge in [0, 0.05) is 38.8 Å². The van der Waals surface area contributed by atoms with Crippen molar-refractivity contribution < 1.29 is 9.59 Å². The summed E-state index contributed by atoms with van der Waals surface area (Å²) in [5, 5.41) is 5.48. The van der Waals surface area contributed by atoms with E-state index in [-0.39, 0.29) is 24.0 Å². The number of carbonyl (C=O) groups is 2. The van der Waals surface area contributed by atoms with E-state index < -0.39 is 0 Å². The topological polar surface area (TPSA) is 64.7 Å². The monoisotopic (exact) mass is 398 g/mol. The van der Waals surface area contributed by atoms with E-state index in [4.69, 9.17) is 0 Å². The summed E-state index contributed by atoms with van der Waals surface area (Å²) in [6, 6.07) is 9.86. The molecule has 29 heavy (non-hydrogen) atoms. The largest absolute Gasteiger partial charge is 0.335 e. The van der Waals surface area contributed by atoms with Gasteiger partial charge in [0.25, 0.3) is 0 Å². The van der Waals surface area contributed by atoms with Crippen LogP contribution in [0.2, 0.25) is 0 Å². The Labute approximate surface area is 174 Å². The number of rotatable bonds is 6. The molecule has 1 unspecified atom stereocenters. The minimum atomic E-state index is -0.349. The van der Waals surface area contributed by atoms with Crippen LogP contribution in [0.4, 0.5) is 4.79 Å². The van der Waals surface area contributed by atoms with Gasteiger partial charge in [0.2, 0.25) is 5.91 Å². The Morgan fingerprint density at radius 1 is 1.07 bits per heavy atom. The number of carbonyl (C=O) groups excluding carboxylic acids is 2. The van der Waals surface area contributed by atoms with Gasteiger partial charge in [0.15, 0.2) is 0 Å². The van der Waals surface area contributed by atoms with E-state index in [1.807, 2.05) is 25.1 Å². The second-order valence-electron chi connectivity index (χ2n) is 8.12. The molecule has 1 aliphatic heterocycles. The van der Waals surface area contributed by atoms with Gasteiger partial charge >= 0.3 is 6.03 Å². The molecule has 1 heterocycles. The van der Waals surface area contributed by atoms with E-state index in [1.54, 1.807) is 0 Å². The molecule has 0 spiro atoms. The molecule has 2 fully saturated rings. The third-order valence-electron chi connectivity index (χ3n) is 5.98. The predicted molar refractivity (Wildman–Crippen MR) is 116 cm³/mol. The predicted octanol–water partition coefficient (Wildman–Crippen LogP) is 2.86. The zero-order valence-electron chi connectivity index (χ0n) is 17.5. The van der Waals surface area contributed by atoms with Crippen LogP contribution in [0.5, 0.6) is 0 Å². The average Bonchev–Trinajstić information content (AvgIpc) is 2.75. The number of piperazine rings is 1. The third kappa shape index (κ3) is 6.98. The van der Waals surface area contributed by atoms with Crippen LogP contribution in [0.1, 0.15) is 44.6 Å². The number of urea groups is 1. The summed E-state index contributed by atoms with van der Waals surface area (Å²) in [5.41, 5.74) is 1.21. The van der Waals surface area contributed by atoms with Gasteiger partial charge in [0.1, 0.15) is 0 Å². The number of nitrogens with one attached hydrogen (secondary N) is 2. The minimum absolute atomic E-state index is 0.208. The highest BCUT2D eigenvalue weighted by atomic mass is 16.2. The van der Waals surface area contributed by atoms with E-state index in [2.05, 4.69) is 44.7 Å². The Morgan fingerprint density at radius 3 is 2.45 bits per heavy atom. The second kappa shape index (κ2) is 11.1. The van der Waals surface area contributed by atoms with Gasteiger partial charge in [-0.3, -0.25) is 19.9 Å². The van der Waals surface area contributed by atoms with E-state index in [0.717, 1.165) is 58.4 Å². The smallest absolute Gasteiger partial charge is 0.321 e. The van der Waals surface area contributed by atoms with E-state index in [9.17, 15) is 9.59 Å².